The summed E-state index contributed by atoms with van der Waals surface area (Å²) in [7, 11) is 0. The van der Waals surface area contributed by atoms with Crippen LogP contribution in [-0.2, 0) is 11.3 Å². The number of imidazole rings is 1. The van der Waals surface area contributed by atoms with E-state index in [9.17, 15) is 18.4 Å². The quantitative estimate of drug-likeness (QED) is 0.407. The number of alkyl carbamates (subject to hydrolysis) is 1. The fraction of sp³-hybridized carbons (Fsp3) is 0.444. The highest BCUT2D eigenvalue weighted by atomic mass is 19.1. The van der Waals surface area contributed by atoms with Crippen LogP contribution in [0.3, 0.4) is 0 Å². The number of rotatable bonds is 8. The number of halogens is 2. The van der Waals surface area contributed by atoms with E-state index in [2.05, 4.69) is 15.6 Å². The number of amides is 2. The zero-order chi connectivity index (χ0) is 26.7. The smallest absolute Gasteiger partial charge is 0.408 e. The van der Waals surface area contributed by atoms with E-state index >= 15 is 0 Å². The summed E-state index contributed by atoms with van der Waals surface area (Å²) in [5.74, 6) is -1.48. The van der Waals surface area contributed by atoms with E-state index in [0.29, 0.717) is 23.5 Å². The molecule has 2 heterocycles. The highest BCUT2D eigenvalue weighted by molar-refractivity contribution is 5.95. The van der Waals surface area contributed by atoms with Crippen molar-refractivity contribution in [2.24, 2.45) is 0 Å². The maximum atomic E-state index is 14.0. The normalized spacial score (nSPS) is 11.6. The van der Waals surface area contributed by atoms with Gasteiger partial charge < -0.3 is 20.1 Å². The first-order valence-corrected chi connectivity index (χ1v) is 11.6. The molecule has 0 saturated heterocycles. The second kappa shape index (κ2) is 11.6. The molecule has 0 saturated carbocycles. The predicted molar refractivity (Wildman–Crippen MR) is 138 cm³/mol. The SMILES string of the molecule is C.Cc1nc2c(OCc3c(F)cccc3F)cccn2c1C(=O)NCCC(C)(C)NC(=O)OC(C)(C)C. The van der Waals surface area contributed by atoms with Crippen LogP contribution in [-0.4, -0.2) is 39.1 Å². The molecule has 3 aromatic rings. The lowest BCUT2D eigenvalue weighted by molar-refractivity contribution is 0.0468. The molecule has 2 aromatic heterocycles. The molecule has 0 spiro atoms. The number of fused-ring (bicyclic) bond motifs is 1. The van der Waals surface area contributed by atoms with Crippen molar-refractivity contribution in [3.8, 4) is 5.75 Å². The first-order valence-electron chi connectivity index (χ1n) is 11.6. The molecule has 0 aliphatic rings. The van der Waals surface area contributed by atoms with E-state index in [-0.39, 0.29) is 37.8 Å². The third-order valence-corrected chi connectivity index (χ3v) is 5.31. The maximum Gasteiger partial charge on any atom is 0.408 e. The number of aromatic nitrogens is 2. The van der Waals surface area contributed by atoms with Gasteiger partial charge in [0, 0.05) is 18.3 Å². The van der Waals surface area contributed by atoms with E-state index in [1.54, 1.807) is 50.4 Å². The summed E-state index contributed by atoms with van der Waals surface area (Å²) in [6.45, 7) is 10.7. The van der Waals surface area contributed by atoms with Crippen molar-refractivity contribution in [2.75, 3.05) is 6.54 Å². The molecule has 202 valence electrons. The zero-order valence-corrected chi connectivity index (χ0v) is 21.4. The first kappa shape index (κ1) is 29.5. The summed E-state index contributed by atoms with van der Waals surface area (Å²) in [5.41, 5.74) is -0.293. The summed E-state index contributed by atoms with van der Waals surface area (Å²) in [6.07, 6.45) is 1.59. The molecule has 8 nitrogen and oxygen atoms in total. The van der Waals surface area contributed by atoms with Crippen LogP contribution in [0.15, 0.2) is 36.5 Å². The van der Waals surface area contributed by atoms with Crippen molar-refractivity contribution in [3.05, 3.63) is 65.1 Å². The van der Waals surface area contributed by atoms with E-state index < -0.39 is 28.9 Å². The zero-order valence-electron chi connectivity index (χ0n) is 21.4. The molecule has 0 radical (unpaired) electrons. The molecule has 0 aliphatic heterocycles. The van der Waals surface area contributed by atoms with Gasteiger partial charge in [-0.1, -0.05) is 13.5 Å². The Kier molecular flexibility index (Phi) is 9.24. The Morgan fingerprint density at radius 2 is 1.70 bits per heavy atom. The fourth-order valence-corrected chi connectivity index (χ4v) is 3.58. The van der Waals surface area contributed by atoms with Crippen LogP contribution in [0.5, 0.6) is 5.75 Å². The summed E-state index contributed by atoms with van der Waals surface area (Å²) in [4.78, 5) is 29.5. The van der Waals surface area contributed by atoms with Crippen molar-refractivity contribution in [1.29, 1.82) is 0 Å². The number of carbonyl (C=O) groups is 2. The minimum absolute atomic E-state index is 0. The van der Waals surface area contributed by atoms with Crippen molar-refractivity contribution in [1.82, 2.24) is 20.0 Å². The van der Waals surface area contributed by atoms with Crippen LogP contribution in [0.4, 0.5) is 13.6 Å². The highest BCUT2D eigenvalue weighted by Crippen LogP contribution is 2.24. The topological polar surface area (TPSA) is 94.0 Å². The molecule has 0 fully saturated rings. The average Bonchev–Trinajstić information content (AvgIpc) is 3.07. The third kappa shape index (κ3) is 7.65. The lowest BCUT2D eigenvalue weighted by Gasteiger charge is -2.28. The number of benzene rings is 1. The van der Waals surface area contributed by atoms with Gasteiger partial charge >= 0.3 is 6.09 Å². The van der Waals surface area contributed by atoms with Crippen LogP contribution in [0.2, 0.25) is 0 Å². The Labute approximate surface area is 216 Å². The Bertz CT molecular complexity index is 1250. The van der Waals surface area contributed by atoms with Gasteiger partial charge in [0.2, 0.25) is 0 Å². The van der Waals surface area contributed by atoms with Gasteiger partial charge in [0.25, 0.3) is 5.91 Å². The van der Waals surface area contributed by atoms with Crippen molar-refractivity contribution in [3.63, 3.8) is 0 Å². The summed E-state index contributed by atoms with van der Waals surface area (Å²) >= 11 is 0. The van der Waals surface area contributed by atoms with Crippen molar-refractivity contribution < 1.29 is 27.8 Å². The average molecular weight is 519 g/mol. The van der Waals surface area contributed by atoms with Crippen LogP contribution in [0, 0.1) is 18.6 Å². The molecule has 0 unspecified atom stereocenters. The Hall–Kier alpha value is -3.69. The van der Waals surface area contributed by atoms with Crippen LogP contribution < -0.4 is 15.4 Å². The molecular formula is C27H36F2N4O4. The van der Waals surface area contributed by atoms with Gasteiger partial charge in [-0.25, -0.2) is 18.6 Å². The van der Waals surface area contributed by atoms with Gasteiger partial charge in [-0.3, -0.25) is 9.20 Å². The fourth-order valence-electron chi connectivity index (χ4n) is 3.58. The summed E-state index contributed by atoms with van der Waals surface area (Å²) < 4.78 is 40.5. The number of nitrogens with one attached hydrogen (secondary N) is 2. The maximum absolute atomic E-state index is 14.0. The van der Waals surface area contributed by atoms with Gasteiger partial charge in [-0.05, 0) is 72.2 Å². The first-order chi connectivity index (χ1) is 16.8. The molecule has 0 bridgehead atoms. The molecule has 1 aromatic carbocycles. The lowest BCUT2D eigenvalue weighted by Crippen LogP contribution is -2.47. The Balaban J connectivity index is 0.00000481. The van der Waals surface area contributed by atoms with Gasteiger partial charge in [-0.15, -0.1) is 0 Å². The van der Waals surface area contributed by atoms with Crippen LogP contribution in [0.25, 0.3) is 5.65 Å². The second-order valence-corrected chi connectivity index (χ2v) is 10.1. The monoisotopic (exact) mass is 518 g/mol. The van der Waals surface area contributed by atoms with E-state index in [4.69, 9.17) is 9.47 Å². The van der Waals surface area contributed by atoms with Gasteiger partial charge in [-0.2, -0.15) is 0 Å². The van der Waals surface area contributed by atoms with E-state index in [1.807, 2.05) is 13.8 Å². The van der Waals surface area contributed by atoms with Crippen LogP contribution >= 0.6 is 0 Å². The number of carbonyl (C=O) groups excluding carboxylic acids is 2. The van der Waals surface area contributed by atoms with Gasteiger partial charge in [0.15, 0.2) is 11.4 Å². The molecule has 0 aliphatic carbocycles. The number of nitrogens with zero attached hydrogens (tertiary/aromatic N) is 2. The lowest BCUT2D eigenvalue weighted by atomic mass is 10.0. The standard InChI is InChI=1S/C26H32F2N4O4.CH4/c1-16-21(23(33)29-13-12-26(5,6)31-24(34)36-25(2,3)4)32-14-8-11-20(22(32)30-16)35-15-17-18(27)9-7-10-19(17)28;/h7-11,14H,12-13,15H2,1-6H3,(H,29,33)(H,31,34);1H4. The van der Waals surface area contributed by atoms with Crippen LogP contribution in [0.1, 0.15) is 70.2 Å². The summed E-state index contributed by atoms with van der Waals surface area (Å²) in [5, 5.41) is 5.66. The number of ether oxygens (including phenoxy) is 2. The van der Waals surface area contributed by atoms with E-state index in [0.717, 1.165) is 12.1 Å². The largest absolute Gasteiger partial charge is 0.485 e. The summed E-state index contributed by atoms with van der Waals surface area (Å²) in [6, 6.07) is 6.88. The molecule has 10 heteroatoms. The Morgan fingerprint density at radius 1 is 1.05 bits per heavy atom. The minimum Gasteiger partial charge on any atom is -0.485 e. The minimum atomic E-state index is -0.703. The molecule has 2 N–H and O–H groups in total. The van der Waals surface area contributed by atoms with Crippen molar-refractivity contribution in [2.45, 2.75) is 73.1 Å². The highest BCUT2D eigenvalue weighted by Gasteiger charge is 2.25. The number of aryl methyl sites for hydroxylation is 1. The molecule has 3 rings (SSSR count). The van der Waals surface area contributed by atoms with E-state index in [1.165, 1.54) is 6.07 Å². The predicted octanol–water partition coefficient (Wildman–Crippen LogP) is 5.56. The molecule has 0 atom stereocenters. The van der Waals surface area contributed by atoms with Gasteiger partial charge in [0.05, 0.1) is 11.3 Å². The third-order valence-electron chi connectivity index (χ3n) is 5.31. The molecular weight excluding hydrogens is 482 g/mol. The molecule has 2 amide bonds. The number of hydrogen-bond acceptors (Lipinski definition) is 5. The van der Waals surface area contributed by atoms with Gasteiger partial charge in [0.1, 0.15) is 29.5 Å². The number of hydrogen-bond donors (Lipinski definition) is 2. The number of pyridine rings is 1. The molecule has 37 heavy (non-hydrogen) atoms. The van der Waals surface area contributed by atoms with Crippen molar-refractivity contribution >= 4 is 17.6 Å². The second-order valence-electron chi connectivity index (χ2n) is 10.1. The Morgan fingerprint density at radius 3 is 2.32 bits per heavy atom.